The van der Waals surface area contributed by atoms with Gasteiger partial charge in [-0.2, -0.15) is 0 Å². The molecule has 1 nitrogen and oxygen atoms in total. The quantitative estimate of drug-likeness (QED) is 0.806. The molecule has 0 aliphatic heterocycles. The van der Waals surface area contributed by atoms with Gasteiger partial charge in [-0.1, -0.05) is 60.7 Å². The summed E-state index contributed by atoms with van der Waals surface area (Å²) in [4.78, 5) is 0. The highest BCUT2D eigenvalue weighted by Gasteiger charge is 2.08. The number of benzene rings is 2. The van der Waals surface area contributed by atoms with E-state index in [0.29, 0.717) is 12.1 Å². The van der Waals surface area contributed by atoms with E-state index in [1.54, 1.807) is 0 Å². The summed E-state index contributed by atoms with van der Waals surface area (Å²) in [5.41, 5.74) is 2.78. The van der Waals surface area contributed by atoms with Crippen LogP contribution in [0.3, 0.4) is 0 Å². The lowest BCUT2D eigenvalue weighted by Gasteiger charge is -2.20. The molecule has 0 amide bonds. The Morgan fingerprint density at radius 3 is 2.05 bits per heavy atom. The van der Waals surface area contributed by atoms with Gasteiger partial charge < -0.3 is 5.32 Å². The number of rotatable bonds is 6. The Morgan fingerprint density at radius 1 is 0.842 bits per heavy atom. The molecule has 0 bridgehead atoms. The third kappa shape index (κ3) is 4.53. The van der Waals surface area contributed by atoms with E-state index in [-0.39, 0.29) is 0 Å². The fourth-order valence-electron chi connectivity index (χ4n) is 2.38. The minimum Gasteiger partial charge on any atom is -0.308 e. The molecule has 0 saturated carbocycles. The molecule has 100 valence electrons. The molecule has 0 radical (unpaired) electrons. The summed E-state index contributed by atoms with van der Waals surface area (Å²) in [6.45, 7) is 4.50. The van der Waals surface area contributed by atoms with Crippen LogP contribution in [0.4, 0.5) is 0 Å². The van der Waals surface area contributed by atoms with Gasteiger partial charge in [0.05, 0.1) is 0 Å². The highest BCUT2D eigenvalue weighted by Crippen LogP contribution is 2.13. The highest BCUT2D eigenvalue weighted by molar-refractivity contribution is 5.18. The third-order valence-electron chi connectivity index (χ3n) is 3.54. The Labute approximate surface area is 116 Å². The van der Waals surface area contributed by atoms with Crippen LogP contribution in [-0.2, 0) is 6.42 Å². The summed E-state index contributed by atoms with van der Waals surface area (Å²) >= 11 is 0. The van der Waals surface area contributed by atoms with Gasteiger partial charge in [0.2, 0.25) is 0 Å². The molecule has 2 rings (SSSR count). The third-order valence-corrected chi connectivity index (χ3v) is 3.54. The summed E-state index contributed by atoms with van der Waals surface area (Å²) in [7, 11) is 0. The molecular weight excluding hydrogens is 230 g/mol. The summed E-state index contributed by atoms with van der Waals surface area (Å²) in [6, 6.07) is 22.3. The molecule has 0 saturated heterocycles. The van der Waals surface area contributed by atoms with Crippen LogP contribution in [0.2, 0.25) is 0 Å². The van der Waals surface area contributed by atoms with E-state index in [9.17, 15) is 0 Å². The van der Waals surface area contributed by atoms with Crippen LogP contribution < -0.4 is 5.32 Å². The summed E-state index contributed by atoms with van der Waals surface area (Å²) in [5.74, 6) is 0. The molecule has 1 N–H and O–H groups in total. The lowest BCUT2D eigenvalue weighted by Crippen LogP contribution is -2.29. The van der Waals surface area contributed by atoms with Crippen molar-refractivity contribution in [3.63, 3.8) is 0 Å². The molecule has 0 spiro atoms. The zero-order valence-electron chi connectivity index (χ0n) is 11.8. The first-order valence-corrected chi connectivity index (χ1v) is 7.10. The number of nitrogens with one attached hydrogen (secondary N) is 1. The lowest BCUT2D eigenvalue weighted by atomic mass is 10.0. The second-order valence-electron chi connectivity index (χ2n) is 5.22. The van der Waals surface area contributed by atoms with Crippen molar-refractivity contribution in [2.75, 3.05) is 0 Å². The molecule has 0 aromatic heterocycles. The minimum absolute atomic E-state index is 0.409. The van der Waals surface area contributed by atoms with Crippen molar-refractivity contribution >= 4 is 0 Å². The highest BCUT2D eigenvalue weighted by atomic mass is 14.9. The fourth-order valence-corrected chi connectivity index (χ4v) is 2.38. The van der Waals surface area contributed by atoms with Crippen molar-refractivity contribution in [3.8, 4) is 0 Å². The topological polar surface area (TPSA) is 12.0 Å². The van der Waals surface area contributed by atoms with Crippen molar-refractivity contribution < 1.29 is 0 Å². The van der Waals surface area contributed by atoms with Gasteiger partial charge in [-0.25, -0.2) is 0 Å². The van der Waals surface area contributed by atoms with Crippen LogP contribution in [0.5, 0.6) is 0 Å². The largest absolute Gasteiger partial charge is 0.308 e. The second-order valence-corrected chi connectivity index (χ2v) is 5.22. The van der Waals surface area contributed by atoms with Crippen LogP contribution in [0.1, 0.15) is 37.4 Å². The Balaban J connectivity index is 1.80. The molecule has 2 aromatic rings. The van der Waals surface area contributed by atoms with E-state index in [0.717, 1.165) is 6.42 Å². The van der Waals surface area contributed by atoms with Crippen LogP contribution in [0.25, 0.3) is 0 Å². The van der Waals surface area contributed by atoms with Gasteiger partial charge in [0.1, 0.15) is 0 Å². The van der Waals surface area contributed by atoms with Crippen LogP contribution in [0, 0.1) is 0 Å². The molecule has 1 heteroatoms. The molecule has 2 atom stereocenters. The Kier molecular flexibility index (Phi) is 5.17. The minimum atomic E-state index is 0.409. The van der Waals surface area contributed by atoms with Crippen molar-refractivity contribution in [2.24, 2.45) is 0 Å². The standard InChI is InChI=1S/C18H23N/c1-15(13-14-17-9-5-3-6-10-17)19-16(2)18-11-7-4-8-12-18/h3-12,15-16,19H,13-14H2,1-2H3/t15-,16-/m1/s1. The molecule has 0 unspecified atom stereocenters. The van der Waals surface area contributed by atoms with Crippen molar-refractivity contribution in [2.45, 2.75) is 38.8 Å². The Bertz CT molecular complexity index is 464. The Morgan fingerprint density at radius 2 is 1.42 bits per heavy atom. The van der Waals surface area contributed by atoms with E-state index in [4.69, 9.17) is 0 Å². The van der Waals surface area contributed by atoms with Crippen molar-refractivity contribution in [1.29, 1.82) is 0 Å². The molecular formula is C18H23N. The van der Waals surface area contributed by atoms with Gasteiger partial charge >= 0.3 is 0 Å². The average molecular weight is 253 g/mol. The number of aryl methyl sites for hydroxylation is 1. The number of hydrogen-bond donors (Lipinski definition) is 1. The van der Waals surface area contributed by atoms with E-state index in [1.807, 2.05) is 0 Å². The zero-order chi connectivity index (χ0) is 13.5. The predicted molar refractivity (Wildman–Crippen MR) is 82.2 cm³/mol. The van der Waals surface area contributed by atoms with Crippen LogP contribution in [0.15, 0.2) is 60.7 Å². The maximum atomic E-state index is 3.67. The maximum Gasteiger partial charge on any atom is 0.0294 e. The smallest absolute Gasteiger partial charge is 0.0294 e. The van der Waals surface area contributed by atoms with Gasteiger partial charge in [0.15, 0.2) is 0 Å². The van der Waals surface area contributed by atoms with Crippen molar-refractivity contribution in [1.82, 2.24) is 5.32 Å². The van der Waals surface area contributed by atoms with Gasteiger partial charge in [-0.05, 0) is 37.8 Å². The summed E-state index contributed by atoms with van der Waals surface area (Å²) in [5, 5.41) is 3.67. The first kappa shape index (κ1) is 13.8. The van der Waals surface area contributed by atoms with Gasteiger partial charge in [0, 0.05) is 12.1 Å². The lowest BCUT2D eigenvalue weighted by molar-refractivity contribution is 0.456. The van der Waals surface area contributed by atoms with E-state index in [1.165, 1.54) is 17.5 Å². The van der Waals surface area contributed by atoms with Gasteiger partial charge in [0.25, 0.3) is 0 Å². The fraction of sp³-hybridized carbons (Fsp3) is 0.333. The molecule has 2 aromatic carbocycles. The second kappa shape index (κ2) is 7.10. The van der Waals surface area contributed by atoms with Gasteiger partial charge in [-0.3, -0.25) is 0 Å². The van der Waals surface area contributed by atoms with Crippen molar-refractivity contribution in [3.05, 3.63) is 71.8 Å². The molecule has 0 heterocycles. The number of hydrogen-bond acceptors (Lipinski definition) is 1. The monoisotopic (exact) mass is 253 g/mol. The molecule has 19 heavy (non-hydrogen) atoms. The maximum absolute atomic E-state index is 3.67. The van der Waals surface area contributed by atoms with Crippen LogP contribution >= 0.6 is 0 Å². The predicted octanol–water partition coefficient (Wildman–Crippen LogP) is 4.36. The van der Waals surface area contributed by atoms with E-state index in [2.05, 4.69) is 79.8 Å². The normalized spacial score (nSPS) is 14.0. The molecule has 0 aliphatic rings. The molecule has 0 aliphatic carbocycles. The average Bonchev–Trinajstić information content (AvgIpc) is 2.47. The first-order chi connectivity index (χ1) is 9.25. The van der Waals surface area contributed by atoms with E-state index < -0.39 is 0 Å². The van der Waals surface area contributed by atoms with Gasteiger partial charge in [-0.15, -0.1) is 0 Å². The first-order valence-electron chi connectivity index (χ1n) is 7.10. The molecule has 0 fully saturated rings. The van der Waals surface area contributed by atoms with Crippen LogP contribution in [-0.4, -0.2) is 6.04 Å². The Hall–Kier alpha value is -1.60. The summed E-state index contributed by atoms with van der Waals surface area (Å²) < 4.78 is 0. The SMILES string of the molecule is C[C@H](CCc1ccccc1)N[C@H](C)c1ccccc1. The summed E-state index contributed by atoms with van der Waals surface area (Å²) in [6.07, 6.45) is 2.30. The zero-order valence-corrected chi connectivity index (χ0v) is 11.8. The van der Waals surface area contributed by atoms with E-state index >= 15 is 0 Å².